The predicted molar refractivity (Wildman–Crippen MR) is 192 cm³/mol. The number of carbonyl (C=O) groups is 2. The van der Waals surface area contributed by atoms with Crippen molar-refractivity contribution in [1.82, 2.24) is 0 Å². The van der Waals surface area contributed by atoms with Gasteiger partial charge in [-0.2, -0.15) is 20.4 Å². The summed E-state index contributed by atoms with van der Waals surface area (Å²) in [4.78, 5) is 25.0. The molecule has 45 heavy (non-hydrogen) atoms. The quantitative estimate of drug-likeness (QED) is 0.0269. The largest absolute Gasteiger partial charge is 0.419 e. The Morgan fingerprint density at radius 3 is 1.24 bits per heavy atom. The first kappa shape index (κ1) is 42.6. The van der Waals surface area contributed by atoms with Gasteiger partial charge in [-0.1, -0.05) is 118 Å². The topological polar surface area (TPSA) is 102 Å². The third kappa shape index (κ3) is 26.5. The van der Waals surface area contributed by atoms with Gasteiger partial charge in [0.25, 0.3) is 6.29 Å². The lowest BCUT2D eigenvalue weighted by molar-refractivity contribution is -0.176. The van der Waals surface area contributed by atoms with E-state index in [0.29, 0.717) is 12.1 Å². The highest BCUT2D eigenvalue weighted by Crippen LogP contribution is 2.13. The molecule has 0 heterocycles. The van der Waals surface area contributed by atoms with E-state index in [1.807, 2.05) is 13.8 Å². The van der Waals surface area contributed by atoms with Crippen LogP contribution in [0.5, 0.6) is 0 Å². The van der Waals surface area contributed by atoms with Crippen LogP contribution in [0.15, 0.2) is 20.4 Å². The SMILES string of the molecule is CCCCCCCC(CCCCCCC)=N/N=C(\C)C/C(C)=N/N=C(\C)C(OC(=O)CCCCCC)OC(=O)CCCCCC. The van der Waals surface area contributed by atoms with Crippen molar-refractivity contribution >= 4 is 34.8 Å². The van der Waals surface area contributed by atoms with Gasteiger partial charge in [0.05, 0.1) is 0 Å². The molecule has 0 bridgehead atoms. The van der Waals surface area contributed by atoms with Crippen molar-refractivity contribution in [1.29, 1.82) is 0 Å². The van der Waals surface area contributed by atoms with Gasteiger partial charge in [-0.3, -0.25) is 9.59 Å². The number of rotatable bonds is 29. The van der Waals surface area contributed by atoms with Crippen molar-refractivity contribution in [3.05, 3.63) is 0 Å². The predicted octanol–water partition coefficient (Wildman–Crippen LogP) is 11.1. The Bertz CT molecular complexity index is 853. The van der Waals surface area contributed by atoms with Crippen LogP contribution in [0.2, 0.25) is 0 Å². The Labute approximate surface area is 276 Å². The lowest BCUT2D eigenvalue weighted by Crippen LogP contribution is -2.31. The zero-order valence-electron chi connectivity index (χ0n) is 30.3. The molecule has 0 saturated heterocycles. The summed E-state index contributed by atoms with van der Waals surface area (Å²) in [6, 6.07) is 0. The smallest absolute Gasteiger partial charge is 0.309 e. The average molecular weight is 633 g/mol. The van der Waals surface area contributed by atoms with Crippen LogP contribution in [0.4, 0.5) is 0 Å². The summed E-state index contributed by atoms with van der Waals surface area (Å²) in [5.41, 5.74) is 3.15. The molecule has 0 rings (SSSR count). The minimum atomic E-state index is -1.17. The number of hydrogen-bond donors (Lipinski definition) is 0. The second-order valence-corrected chi connectivity index (χ2v) is 12.5. The maximum Gasteiger partial charge on any atom is 0.309 e. The lowest BCUT2D eigenvalue weighted by Gasteiger charge is -2.18. The van der Waals surface area contributed by atoms with Crippen LogP contribution < -0.4 is 0 Å². The van der Waals surface area contributed by atoms with Crippen LogP contribution in [0.3, 0.4) is 0 Å². The number of unbranched alkanes of at least 4 members (excludes halogenated alkanes) is 14. The monoisotopic (exact) mass is 633 g/mol. The van der Waals surface area contributed by atoms with E-state index in [-0.39, 0.29) is 12.8 Å². The van der Waals surface area contributed by atoms with E-state index < -0.39 is 18.2 Å². The number of nitrogens with zero attached hydrogens (tertiary/aromatic N) is 4. The van der Waals surface area contributed by atoms with Gasteiger partial charge in [-0.15, -0.1) is 0 Å². The summed E-state index contributed by atoms with van der Waals surface area (Å²) < 4.78 is 11.1. The number of esters is 2. The molecule has 0 amide bonds. The first-order chi connectivity index (χ1) is 21.8. The van der Waals surface area contributed by atoms with Crippen LogP contribution >= 0.6 is 0 Å². The second kappa shape index (κ2) is 30.3. The third-order valence-corrected chi connectivity index (χ3v) is 7.68. The molecular weight excluding hydrogens is 564 g/mol. The maximum absolute atomic E-state index is 12.5. The van der Waals surface area contributed by atoms with Crippen LogP contribution in [0, 0.1) is 0 Å². The van der Waals surface area contributed by atoms with Gasteiger partial charge in [0, 0.05) is 36.4 Å². The van der Waals surface area contributed by atoms with E-state index in [9.17, 15) is 9.59 Å². The molecule has 0 aromatic rings. The van der Waals surface area contributed by atoms with Crippen LogP contribution in [0.25, 0.3) is 0 Å². The summed E-state index contributed by atoms with van der Waals surface area (Å²) in [6.07, 6.45) is 22.2. The fraction of sp³-hybridized carbons (Fsp3) is 0.838. The first-order valence-electron chi connectivity index (χ1n) is 18.3. The van der Waals surface area contributed by atoms with Crippen LogP contribution in [-0.2, 0) is 19.1 Å². The summed E-state index contributed by atoms with van der Waals surface area (Å²) in [5.74, 6) is -0.782. The molecule has 0 aliphatic heterocycles. The van der Waals surface area contributed by atoms with Crippen LogP contribution in [0.1, 0.15) is 196 Å². The van der Waals surface area contributed by atoms with E-state index in [0.717, 1.165) is 75.6 Å². The summed E-state index contributed by atoms with van der Waals surface area (Å²) >= 11 is 0. The Morgan fingerprint density at radius 2 is 0.822 bits per heavy atom. The van der Waals surface area contributed by atoms with Crippen molar-refractivity contribution in [3.8, 4) is 0 Å². The molecule has 0 radical (unpaired) electrons. The fourth-order valence-electron chi connectivity index (χ4n) is 4.84. The molecule has 0 saturated carbocycles. The molecule has 0 unspecified atom stereocenters. The molecule has 8 nitrogen and oxygen atoms in total. The van der Waals surface area contributed by atoms with E-state index in [2.05, 4.69) is 48.1 Å². The summed E-state index contributed by atoms with van der Waals surface area (Å²) in [6.45, 7) is 14.3. The van der Waals surface area contributed by atoms with E-state index in [4.69, 9.17) is 9.47 Å². The van der Waals surface area contributed by atoms with Crippen LogP contribution in [-0.4, -0.2) is 41.1 Å². The highest BCUT2D eigenvalue weighted by Gasteiger charge is 2.22. The Kier molecular flexibility index (Phi) is 28.7. The Balaban J connectivity index is 5.39. The average Bonchev–Trinajstić information content (AvgIpc) is 3.01. The molecule has 260 valence electrons. The van der Waals surface area contributed by atoms with Crippen molar-refractivity contribution in [2.45, 2.75) is 202 Å². The summed E-state index contributed by atoms with van der Waals surface area (Å²) in [7, 11) is 0. The molecule has 0 N–H and O–H groups in total. The molecule has 8 heteroatoms. The molecular formula is C37H68N4O4. The highest BCUT2D eigenvalue weighted by molar-refractivity contribution is 6.02. The minimum Gasteiger partial charge on any atom is -0.419 e. The molecule has 0 aliphatic rings. The number of carbonyl (C=O) groups excluding carboxylic acids is 2. The Morgan fingerprint density at radius 1 is 0.467 bits per heavy atom. The minimum absolute atomic E-state index is 0.287. The lowest BCUT2D eigenvalue weighted by atomic mass is 10.0. The second-order valence-electron chi connectivity index (χ2n) is 12.5. The molecule has 0 spiro atoms. The van der Waals surface area contributed by atoms with Gasteiger partial charge in [0.2, 0.25) is 0 Å². The normalized spacial score (nSPS) is 12.5. The zero-order valence-corrected chi connectivity index (χ0v) is 30.3. The van der Waals surface area contributed by atoms with E-state index >= 15 is 0 Å². The molecule has 0 aromatic carbocycles. The van der Waals surface area contributed by atoms with E-state index in [1.54, 1.807) is 6.92 Å². The zero-order chi connectivity index (χ0) is 33.5. The van der Waals surface area contributed by atoms with E-state index in [1.165, 1.54) is 69.9 Å². The van der Waals surface area contributed by atoms with Gasteiger partial charge < -0.3 is 9.47 Å². The summed E-state index contributed by atoms with van der Waals surface area (Å²) in [5, 5.41) is 17.9. The van der Waals surface area contributed by atoms with Crippen molar-refractivity contribution < 1.29 is 19.1 Å². The molecule has 0 aliphatic carbocycles. The maximum atomic E-state index is 12.5. The number of ether oxygens (including phenoxy) is 2. The molecule has 0 atom stereocenters. The third-order valence-electron chi connectivity index (χ3n) is 7.68. The van der Waals surface area contributed by atoms with Gasteiger partial charge >= 0.3 is 11.9 Å². The van der Waals surface area contributed by atoms with Crippen molar-refractivity contribution in [3.63, 3.8) is 0 Å². The number of hydrogen-bond acceptors (Lipinski definition) is 8. The highest BCUT2D eigenvalue weighted by atomic mass is 16.7. The van der Waals surface area contributed by atoms with Crippen molar-refractivity contribution in [2.75, 3.05) is 0 Å². The van der Waals surface area contributed by atoms with Gasteiger partial charge in [0.1, 0.15) is 5.71 Å². The Hall–Kier alpha value is -2.38. The first-order valence-corrected chi connectivity index (χ1v) is 18.3. The van der Waals surface area contributed by atoms with Gasteiger partial charge in [-0.05, 0) is 59.3 Å². The van der Waals surface area contributed by atoms with Gasteiger partial charge in [0.15, 0.2) is 0 Å². The fourth-order valence-corrected chi connectivity index (χ4v) is 4.84. The van der Waals surface area contributed by atoms with Crippen molar-refractivity contribution in [2.24, 2.45) is 20.4 Å². The van der Waals surface area contributed by atoms with Gasteiger partial charge in [-0.25, -0.2) is 0 Å². The molecule has 0 fully saturated rings. The molecule has 0 aromatic heterocycles. The standard InChI is InChI=1S/C37H68N4O4/c1-8-12-16-20-22-26-34(27-23-21-17-13-9-2)41-39-32(6)30-31(5)38-40-33(7)37(44-35(42)28-24-18-14-10-3)45-36(43)29-25-19-15-11-4/h37H,8-30H2,1-7H3/b38-31+,39-32+,40-33+.